The second kappa shape index (κ2) is 10.2. The lowest BCUT2D eigenvalue weighted by atomic mass is 10.1. The molecule has 0 aliphatic rings. The number of aryl methyl sites for hydroxylation is 1. The molecule has 8 nitrogen and oxygen atoms in total. The summed E-state index contributed by atoms with van der Waals surface area (Å²) in [6, 6.07) is 8.50. The maximum absolute atomic E-state index is 12.7. The van der Waals surface area contributed by atoms with Gasteiger partial charge in [0.2, 0.25) is 0 Å². The molecule has 0 bridgehead atoms. The number of rotatable bonds is 7. The molecule has 30 heavy (non-hydrogen) atoms. The lowest BCUT2D eigenvalue weighted by Gasteiger charge is -2.19. The number of nitrogens with one attached hydrogen (secondary N) is 2. The summed E-state index contributed by atoms with van der Waals surface area (Å²) in [4.78, 5) is 41.7. The van der Waals surface area contributed by atoms with Gasteiger partial charge in [0.1, 0.15) is 22.3 Å². The molecule has 0 unspecified atom stereocenters. The number of hydrogen-bond donors (Lipinski definition) is 2. The van der Waals surface area contributed by atoms with Crippen molar-refractivity contribution < 1.29 is 23.9 Å². The maximum atomic E-state index is 12.7. The molecule has 2 N–H and O–H groups in total. The zero-order valence-electron chi connectivity index (χ0n) is 17.8. The number of nitrogens with zero attached hydrogens (tertiary/aromatic N) is 1. The van der Waals surface area contributed by atoms with E-state index in [0.29, 0.717) is 16.3 Å². The first-order chi connectivity index (χ1) is 14.1. The van der Waals surface area contributed by atoms with E-state index in [9.17, 15) is 14.4 Å². The number of aromatic nitrogens is 1. The van der Waals surface area contributed by atoms with Crippen molar-refractivity contribution in [1.29, 1.82) is 0 Å². The zero-order valence-corrected chi connectivity index (χ0v) is 18.6. The van der Waals surface area contributed by atoms with E-state index >= 15 is 0 Å². The molecule has 162 valence electrons. The fourth-order valence-corrected chi connectivity index (χ4v) is 3.48. The van der Waals surface area contributed by atoms with Crippen LogP contribution in [0.15, 0.2) is 30.3 Å². The Kier molecular flexibility index (Phi) is 7.93. The lowest BCUT2D eigenvalue weighted by molar-refractivity contribution is -0.142. The molecule has 1 aromatic heterocycles. The highest BCUT2D eigenvalue weighted by Crippen LogP contribution is 2.18. The van der Waals surface area contributed by atoms with Gasteiger partial charge in [-0.2, -0.15) is 0 Å². The Labute approximate surface area is 180 Å². The van der Waals surface area contributed by atoms with Crippen LogP contribution in [0.3, 0.4) is 0 Å². The van der Waals surface area contributed by atoms with E-state index in [1.807, 2.05) is 30.3 Å². The van der Waals surface area contributed by atoms with Gasteiger partial charge in [0.15, 0.2) is 0 Å². The third-order valence-corrected chi connectivity index (χ3v) is 4.88. The van der Waals surface area contributed by atoms with Crippen LogP contribution in [0.5, 0.6) is 0 Å². The summed E-state index contributed by atoms with van der Waals surface area (Å²) in [6.45, 7) is 7.22. The van der Waals surface area contributed by atoms with Crippen LogP contribution in [-0.4, -0.2) is 41.7 Å². The highest BCUT2D eigenvalue weighted by molar-refractivity contribution is 7.11. The van der Waals surface area contributed by atoms with E-state index in [0.717, 1.165) is 5.56 Å². The van der Waals surface area contributed by atoms with Gasteiger partial charge in [0.25, 0.3) is 5.91 Å². The predicted octanol–water partition coefficient (Wildman–Crippen LogP) is 2.99. The van der Waals surface area contributed by atoms with Gasteiger partial charge in [-0.05, 0) is 33.3 Å². The minimum atomic E-state index is -0.839. The van der Waals surface area contributed by atoms with Gasteiger partial charge in [-0.25, -0.2) is 14.6 Å². The second-order valence-electron chi connectivity index (χ2n) is 7.61. The molecule has 2 amide bonds. The summed E-state index contributed by atoms with van der Waals surface area (Å²) in [5.74, 6) is -1.01. The van der Waals surface area contributed by atoms with Crippen LogP contribution in [0.2, 0.25) is 0 Å². The quantitative estimate of drug-likeness (QED) is 0.650. The van der Waals surface area contributed by atoms with E-state index in [1.54, 1.807) is 27.7 Å². The number of alkyl carbamates (subject to hydrolysis) is 1. The summed E-state index contributed by atoms with van der Waals surface area (Å²) in [5.41, 5.74) is 0.503. The van der Waals surface area contributed by atoms with Crippen LogP contribution in [0.4, 0.5) is 4.79 Å². The third-order valence-electron chi connectivity index (χ3n) is 3.91. The van der Waals surface area contributed by atoms with Gasteiger partial charge in [0, 0.05) is 11.3 Å². The van der Waals surface area contributed by atoms with Crippen LogP contribution in [0.1, 0.15) is 46.7 Å². The van der Waals surface area contributed by atoms with Crippen LogP contribution >= 0.6 is 11.3 Å². The summed E-state index contributed by atoms with van der Waals surface area (Å²) in [5, 5.41) is 5.87. The molecule has 2 rings (SSSR count). The monoisotopic (exact) mass is 433 g/mol. The fraction of sp³-hybridized carbons (Fsp3) is 0.429. The van der Waals surface area contributed by atoms with E-state index in [2.05, 4.69) is 15.6 Å². The van der Waals surface area contributed by atoms with Crippen LogP contribution < -0.4 is 10.6 Å². The van der Waals surface area contributed by atoms with Crippen molar-refractivity contribution in [3.8, 4) is 0 Å². The first-order valence-electron chi connectivity index (χ1n) is 9.45. The van der Waals surface area contributed by atoms with Gasteiger partial charge in [-0.15, -0.1) is 11.3 Å². The number of carbonyl (C=O) groups excluding carboxylic acids is 3. The Morgan fingerprint density at radius 1 is 1.17 bits per heavy atom. The summed E-state index contributed by atoms with van der Waals surface area (Å²) in [7, 11) is 1.28. The van der Waals surface area contributed by atoms with Crippen LogP contribution in [0, 0.1) is 6.92 Å². The van der Waals surface area contributed by atoms with E-state index in [-0.39, 0.29) is 12.2 Å². The molecule has 0 aliphatic heterocycles. The average Bonchev–Trinajstić information content (AvgIpc) is 3.05. The molecule has 0 aliphatic carbocycles. The number of hydrogen-bond acceptors (Lipinski definition) is 7. The Morgan fingerprint density at radius 3 is 2.43 bits per heavy atom. The van der Waals surface area contributed by atoms with Crippen molar-refractivity contribution in [2.45, 2.75) is 52.3 Å². The first kappa shape index (κ1) is 23.3. The van der Waals surface area contributed by atoms with Gasteiger partial charge < -0.3 is 20.1 Å². The van der Waals surface area contributed by atoms with Crippen molar-refractivity contribution in [1.82, 2.24) is 15.6 Å². The van der Waals surface area contributed by atoms with Crippen LogP contribution in [-0.2, 0) is 27.2 Å². The van der Waals surface area contributed by atoms with E-state index < -0.39 is 29.6 Å². The molecule has 0 spiro atoms. The number of methoxy groups -OCH3 is 1. The standard InChI is InChI=1S/C21H27N3O5S/c1-13-17(24-16(30-13)12-22-20(27)29-21(2,3)4)18(25)23-15(19(26)28-5)11-14-9-7-6-8-10-14/h6-10,15H,11-12H2,1-5H3,(H,22,27)(H,23,25)/t15-/m0/s1. The highest BCUT2D eigenvalue weighted by Gasteiger charge is 2.25. The largest absolute Gasteiger partial charge is 0.467 e. The molecule has 1 atom stereocenters. The molecular weight excluding hydrogens is 406 g/mol. The molecule has 1 aromatic carbocycles. The number of carbonyl (C=O) groups is 3. The van der Waals surface area contributed by atoms with Crippen molar-refractivity contribution >= 4 is 29.3 Å². The van der Waals surface area contributed by atoms with E-state index in [4.69, 9.17) is 9.47 Å². The average molecular weight is 434 g/mol. The Hall–Kier alpha value is -2.94. The van der Waals surface area contributed by atoms with E-state index in [1.165, 1.54) is 18.4 Å². The molecule has 1 heterocycles. The molecule has 2 aromatic rings. The minimum Gasteiger partial charge on any atom is -0.467 e. The topological polar surface area (TPSA) is 107 Å². The Morgan fingerprint density at radius 2 is 1.83 bits per heavy atom. The van der Waals surface area contributed by atoms with Gasteiger partial charge in [-0.3, -0.25) is 4.79 Å². The number of ether oxygens (including phenoxy) is 2. The SMILES string of the molecule is COC(=O)[C@H](Cc1ccccc1)NC(=O)c1nc(CNC(=O)OC(C)(C)C)sc1C. The molecule has 0 radical (unpaired) electrons. The molecule has 0 saturated heterocycles. The van der Waals surface area contributed by atoms with Gasteiger partial charge >= 0.3 is 12.1 Å². The minimum absolute atomic E-state index is 0.137. The molecule has 9 heteroatoms. The summed E-state index contributed by atoms with van der Waals surface area (Å²) in [6.07, 6.45) is -0.259. The Bertz CT molecular complexity index is 890. The zero-order chi connectivity index (χ0) is 22.3. The Balaban J connectivity index is 2.04. The predicted molar refractivity (Wildman–Crippen MR) is 113 cm³/mol. The summed E-state index contributed by atoms with van der Waals surface area (Å²) < 4.78 is 10.0. The number of esters is 1. The number of amides is 2. The highest BCUT2D eigenvalue weighted by atomic mass is 32.1. The molecule has 0 saturated carbocycles. The third kappa shape index (κ3) is 7.14. The second-order valence-corrected chi connectivity index (χ2v) is 8.89. The van der Waals surface area contributed by atoms with Crippen molar-refractivity contribution in [2.24, 2.45) is 0 Å². The lowest BCUT2D eigenvalue weighted by Crippen LogP contribution is -2.43. The number of benzene rings is 1. The molecule has 0 fully saturated rings. The molecular formula is C21H27N3O5S. The van der Waals surface area contributed by atoms with Crippen LogP contribution in [0.25, 0.3) is 0 Å². The summed E-state index contributed by atoms with van der Waals surface area (Å²) >= 11 is 1.29. The van der Waals surface area contributed by atoms with Gasteiger partial charge in [0.05, 0.1) is 13.7 Å². The van der Waals surface area contributed by atoms with Crippen molar-refractivity contribution in [3.63, 3.8) is 0 Å². The first-order valence-corrected chi connectivity index (χ1v) is 10.3. The fourth-order valence-electron chi connectivity index (χ4n) is 2.61. The maximum Gasteiger partial charge on any atom is 0.408 e. The van der Waals surface area contributed by atoms with Crippen molar-refractivity contribution in [3.05, 3.63) is 51.5 Å². The normalized spacial score (nSPS) is 12.0. The van der Waals surface area contributed by atoms with Gasteiger partial charge in [-0.1, -0.05) is 30.3 Å². The van der Waals surface area contributed by atoms with Crippen molar-refractivity contribution in [2.75, 3.05) is 7.11 Å². The smallest absolute Gasteiger partial charge is 0.408 e. The number of thiazole rings is 1.